The summed E-state index contributed by atoms with van der Waals surface area (Å²) in [6.07, 6.45) is 2.82. The number of rotatable bonds is 5. The van der Waals surface area contributed by atoms with Gasteiger partial charge < -0.3 is 25.8 Å². The Morgan fingerprint density at radius 2 is 1.85 bits per heavy atom. The first-order valence-electron chi connectivity index (χ1n) is 11.5. The van der Waals surface area contributed by atoms with E-state index in [1.807, 2.05) is 32.9 Å². The Kier molecular flexibility index (Phi) is 5.91. The normalized spacial score (nSPS) is 17.6. The van der Waals surface area contributed by atoms with Gasteiger partial charge in [0.1, 0.15) is 17.3 Å². The van der Waals surface area contributed by atoms with Crippen molar-refractivity contribution in [3.63, 3.8) is 0 Å². The Labute approximate surface area is 197 Å². The molecule has 0 aliphatic carbocycles. The Hall–Kier alpha value is -3.53. The van der Waals surface area contributed by atoms with Crippen molar-refractivity contribution in [3.05, 3.63) is 48.3 Å². The van der Waals surface area contributed by atoms with Crippen LogP contribution in [-0.2, 0) is 0 Å². The lowest BCUT2D eigenvalue weighted by molar-refractivity contribution is 0.589. The number of hydrogen-bond donors (Lipinski definition) is 3. The van der Waals surface area contributed by atoms with Crippen molar-refractivity contribution < 1.29 is 8.78 Å². The van der Waals surface area contributed by atoms with Crippen LogP contribution >= 0.6 is 0 Å². The van der Waals surface area contributed by atoms with E-state index in [9.17, 15) is 8.78 Å². The van der Waals surface area contributed by atoms with Crippen LogP contribution in [-0.4, -0.2) is 53.3 Å². The monoisotopic (exact) mass is 466 g/mol. The fraction of sp³-hybridized carbons (Fsp3) is 0.375. The molecular weight excluding hydrogens is 438 g/mol. The molecule has 1 aromatic carbocycles. The van der Waals surface area contributed by atoms with Gasteiger partial charge in [-0.05, 0) is 45.0 Å². The average Bonchev–Trinajstić information content (AvgIpc) is 3.18. The fourth-order valence-corrected chi connectivity index (χ4v) is 4.60. The largest absolute Gasteiger partial charge is 0.368 e. The Balaban J connectivity index is 1.41. The van der Waals surface area contributed by atoms with E-state index in [0.29, 0.717) is 22.8 Å². The average molecular weight is 467 g/mol. The predicted molar refractivity (Wildman–Crippen MR) is 131 cm³/mol. The first kappa shape index (κ1) is 22.3. The number of fused-ring (bicyclic) bond motifs is 1. The van der Waals surface area contributed by atoms with E-state index in [1.54, 1.807) is 12.3 Å². The van der Waals surface area contributed by atoms with Crippen molar-refractivity contribution in [1.82, 2.24) is 20.3 Å². The van der Waals surface area contributed by atoms with Crippen molar-refractivity contribution in [2.24, 2.45) is 0 Å². The molecule has 10 heteroatoms. The standard InChI is InChI=1S/C24H28F2N8/c1-14(2)34-15(3)30-23-18(25)10-16(11-20(23)34)22-19(26)13-29-24(32-22)31-21-5-4-17(12-28-21)33-8-6-27-7-9-33/h4-5,10-15,27,30H,6-9H2,1-3H3,(H,28,29,31,32). The maximum atomic E-state index is 14.9. The predicted octanol–water partition coefficient (Wildman–Crippen LogP) is 3.96. The maximum absolute atomic E-state index is 14.9. The molecule has 1 fully saturated rings. The van der Waals surface area contributed by atoms with Crippen LogP contribution in [0.2, 0.25) is 0 Å². The molecule has 5 rings (SSSR count). The zero-order chi connectivity index (χ0) is 23.8. The van der Waals surface area contributed by atoms with Crippen LogP contribution in [0.3, 0.4) is 0 Å². The molecule has 34 heavy (non-hydrogen) atoms. The zero-order valence-electron chi connectivity index (χ0n) is 19.4. The number of pyridine rings is 1. The number of aromatic nitrogens is 3. The van der Waals surface area contributed by atoms with Gasteiger partial charge in [0.05, 0.1) is 35.6 Å². The zero-order valence-corrected chi connectivity index (χ0v) is 19.4. The minimum Gasteiger partial charge on any atom is -0.368 e. The summed E-state index contributed by atoms with van der Waals surface area (Å²) in [5.74, 6) is -0.338. The lowest BCUT2D eigenvalue weighted by Gasteiger charge is -2.29. The van der Waals surface area contributed by atoms with Crippen molar-refractivity contribution in [2.45, 2.75) is 33.0 Å². The second kappa shape index (κ2) is 9.02. The summed E-state index contributed by atoms with van der Waals surface area (Å²) in [5.41, 5.74) is 2.53. The van der Waals surface area contributed by atoms with Gasteiger partial charge >= 0.3 is 0 Å². The molecule has 1 saturated heterocycles. The molecule has 2 aliphatic heterocycles. The van der Waals surface area contributed by atoms with Crippen LogP contribution in [0.25, 0.3) is 11.3 Å². The summed E-state index contributed by atoms with van der Waals surface area (Å²) in [6, 6.07) is 7.03. The summed E-state index contributed by atoms with van der Waals surface area (Å²) in [6.45, 7) is 9.78. The van der Waals surface area contributed by atoms with Crippen LogP contribution in [0.1, 0.15) is 20.8 Å². The molecule has 0 saturated carbocycles. The van der Waals surface area contributed by atoms with Gasteiger partial charge in [0.2, 0.25) is 5.95 Å². The minimum absolute atomic E-state index is 0.0277. The highest BCUT2D eigenvalue weighted by atomic mass is 19.1. The van der Waals surface area contributed by atoms with Crippen molar-refractivity contribution >= 4 is 28.8 Å². The summed E-state index contributed by atoms with van der Waals surface area (Å²) in [7, 11) is 0. The number of benzene rings is 1. The Morgan fingerprint density at radius 3 is 2.56 bits per heavy atom. The van der Waals surface area contributed by atoms with Gasteiger partial charge in [-0.2, -0.15) is 0 Å². The molecule has 8 nitrogen and oxygen atoms in total. The first-order valence-corrected chi connectivity index (χ1v) is 11.5. The molecule has 0 spiro atoms. The smallest absolute Gasteiger partial charge is 0.229 e. The third-order valence-corrected chi connectivity index (χ3v) is 6.16. The second-order valence-corrected chi connectivity index (χ2v) is 8.83. The summed E-state index contributed by atoms with van der Waals surface area (Å²) >= 11 is 0. The molecule has 0 amide bonds. The molecule has 0 radical (unpaired) electrons. The molecule has 2 aliphatic rings. The van der Waals surface area contributed by atoms with Gasteiger partial charge in [-0.15, -0.1) is 0 Å². The van der Waals surface area contributed by atoms with Crippen LogP contribution in [0.15, 0.2) is 36.7 Å². The number of halogens is 2. The van der Waals surface area contributed by atoms with E-state index in [2.05, 4.69) is 40.7 Å². The first-order chi connectivity index (χ1) is 16.4. The van der Waals surface area contributed by atoms with Gasteiger partial charge in [0.25, 0.3) is 0 Å². The van der Waals surface area contributed by atoms with Crippen LogP contribution in [0.5, 0.6) is 0 Å². The van der Waals surface area contributed by atoms with E-state index in [0.717, 1.165) is 38.1 Å². The second-order valence-electron chi connectivity index (χ2n) is 8.83. The summed E-state index contributed by atoms with van der Waals surface area (Å²) < 4.78 is 29.7. The highest BCUT2D eigenvalue weighted by Crippen LogP contribution is 2.41. The molecule has 1 atom stereocenters. The molecule has 178 valence electrons. The lowest BCUT2D eigenvalue weighted by atomic mass is 10.1. The van der Waals surface area contributed by atoms with Crippen molar-refractivity contribution in [3.8, 4) is 11.3 Å². The van der Waals surface area contributed by atoms with Gasteiger partial charge in [0, 0.05) is 37.8 Å². The molecule has 4 heterocycles. The molecule has 1 unspecified atom stereocenters. The van der Waals surface area contributed by atoms with Gasteiger partial charge in [-0.1, -0.05) is 0 Å². The SMILES string of the molecule is CC(C)N1c2cc(-c3nc(Nc4ccc(N5CCNCC5)cn4)ncc3F)cc(F)c2NC1C. The third-order valence-electron chi connectivity index (χ3n) is 6.16. The topological polar surface area (TPSA) is 81.2 Å². The molecule has 3 N–H and O–H groups in total. The molecular formula is C24H28F2N8. The quantitative estimate of drug-likeness (QED) is 0.522. The van der Waals surface area contributed by atoms with Gasteiger partial charge in [0.15, 0.2) is 5.82 Å². The number of piperazine rings is 1. The van der Waals surface area contributed by atoms with Crippen LogP contribution in [0, 0.1) is 11.6 Å². The van der Waals surface area contributed by atoms with Crippen molar-refractivity contribution in [2.75, 3.05) is 46.6 Å². The van der Waals surface area contributed by atoms with E-state index in [-0.39, 0.29) is 23.8 Å². The number of nitrogens with one attached hydrogen (secondary N) is 3. The highest BCUT2D eigenvalue weighted by molar-refractivity contribution is 5.82. The Morgan fingerprint density at radius 1 is 1.06 bits per heavy atom. The highest BCUT2D eigenvalue weighted by Gasteiger charge is 2.31. The van der Waals surface area contributed by atoms with Gasteiger partial charge in [-0.3, -0.25) is 0 Å². The molecule has 3 aromatic rings. The van der Waals surface area contributed by atoms with Crippen molar-refractivity contribution in [1.29, 1.82) is 0 Å². The molecule has 0 bridgehead atoms. The maximum Gasteiger partial charge on any atom is 0.229 e. The fourth-order valence-electron chi connectivity index (χ4n) is 4.60. The van der Waals surface area contributed by atoms with Gasteiger partial charge in [-0.25, -0.2) is 23.7 Å². The van der Waals surface area contributed by atoms with E-state index >= 15 is 0 Å². The van der Waals surface area contributed by atoms with Crippen LogP contribution < -0.4 is 25.8 Å². The van der Waals surface area contributed by atoms with E-state index < -0.39 is 11.6 Å². The van der Waals surface area contributed by atoms with Crippen LogP contribution in [0.4, 0.5) is 37.6 Å². The summed E-state index contributed by atoms with van der Waals surface area (Å²) in [5, 5.41) is 9.51. The number of nitrogens with zero attached hydrogens (tertiary/aromatic N) is 5. The minimum atomic E-state index is -0.623. The Bertz CT molecular complexity index is 1180. The molecule has 2 aromatic heterocycles. The number of hydrogen-bond acceptors (Lipinski definition) is 8. The van der Waals surface area contributed by atoms with E-state index in [1.165, 1.54) is 6.07 Å². The lowest BCUT2D eigenvalue weighted by Crippen LogP contribution is -2.43. The van der Waals surface area contributed by atoms with E-state index in [4.69, 9.17) is 0 Å². The number of anilines is 5. The summed E-state index contributed by atoms with van der Waals surface area (Å²) in [4.78, 5) is 17.2. The third kappa shape index (κ3) is 4.21.